The van der Waals surface area contributed by atoms with E-state index in [2.05, 4.69) is 37.6 Å². The molecule has 8 nitrogen and oxygen atoms in total. The lowest BCUT2D eigenvalue weighted by atomic mass is 10.1. The summed E-state index contributed by atoms with van der Waals surface area (Å²) in [5.41, 5.74) is 4.46. The average Bonchev–Trinajstić information content (AvgIpc) is 3.51. The molecule has 34 heavy (non-hydrogen) atoms. The molecule has 174 valence electrons. The molecular formula is C26H28N6O2. The van der Waals surface area contributed by atoms with Crippen LogP contribution in [-0.4, -0.2) is 41.4 Å². The number of nitrogens with one attached hydrogen (secondary N) is 2. The fourth-order valence-corrected chi connectivity index (χ4v) is 4.50. The van der Waals surface area contributed by atoms with E-state index in [9.17, 15) is 9.59 Å². The van der Waals surface area contributed by atoms with Gasteiger partial charge in [0, 0.05) is 60.6 Å². The molecule has 8 heteroatoms. The number of carbonyl (C=O) groups excluding carboxylic acids is 2. The predicted octanol–water partition coefficient (Wildman–Crippen LogP) is 4.12. The minimum absolute atomic E-state index is 0.0197. The molecule has 2 aliphatic heterocycles. The number of carbonyl (C=O) groups is 2. The fourth-order valence-electron chi connectivity index (χ4n) is 4.50. The van der Waals surface area contributed by atoms with Crippen LogP contribution in [0.1, 0.15) is 25.0 Å². The first-order chi connectivity index (χ1) is 16.5. The summed E-state index contributed by atoms with van der Waals surface area (Å²) in [6.45, 7) is 4.47. The Morgan fingerprint density at radius 1 is 0.941 bits per heavy atom. The van der Waals surface area contributed by atoms with Crippen LogP contribution in [0.3, 0.4) is 0 Å². The van der Waals surface area contributed by atoms with Gasteiger partial charge in [0.25, 0.3) is 0 Å². The minimum Gasteiger partial charge on any atom is -0.372 e. The van der Waals surface area contributed by atoms with E-state index >= 15 is 0 Å². The molecule has 2 aromatic carbocycles. The zero-order chi connectivity index (χ0) is 23.5. The Morgan fingerprint density at radius 2 is 1.62 bits per heavy atom. The van der Waals surface area contributed by atoms with E-state index in [0.717, 1.165) is 30.2 Å². The van der Waals surface area contributed by atoms with Crippen molar-refractivity contribution in [2.75, 3.05) is 40.1 Å². The van der Waals surface area contributed by atoms with Crippen LogP contribution in [-0.2, 0) is 9.59 Å². The minimum atomic E-state index is -0.382. The molecule has 0 saturated carbocycles. The first-order valence-corrected chi connectivity index (χ1v) is 11.7. The molecule has 3 aromatic rings. The van der Waals surface area contributed by atoms with Crippen LogP contribution in [0, 0.1) is 12.8 Å². The summed E-state index contributed by atoms with van der Waals surface area (Å²) >= 11 is 0. The molecule has 3 heterocycles. The lowest BCUT2D eigenvalue weighted by Crippen LogP contribution is -2.28. The number of hydrogen-bond acceptors (Lipinski definition) is 6. The monoisotopic (exact) mass is 456 g/mol. The molecule has 2 amide bonds. The molecule has 1 unspecified atom stereocenters. The second kappa shape index (κ2) is 9.51. The molecule has 0 radical (unpaired) electrons. The van der Waals surface area contributed by atoms with Gasteiger partial charge < -0.3 is 20.4 Å². The first kappa shape index (κ1) is 21.9. The van der Waals surface area contributed by atoms with E-state index < -0.39 is 0 Å². The van der Waals surface area contributed by atoms with Crippen molar-refractivity contribution in [3.8, 4) is 0 Å². The highest BCUT2D eigenvalue weighted by Crippen LogP contribution is 2.29. The number of hydrogen-bond donors (Lipinski definition) is 2. The van der Waals surface area contributed by atoms with Gasteiger partial charge in [0.05, 0.1) is 5.92 Å². The third-order valence-corrected chi connectivity index (χ3v) is 6.36. The predicted molar refractivity (Wildman–Crippen MR) is 133 cm³/mol. The summed E-state index contributed by atoms with van der Waals surface area (Å²) in [6.07, 6.45) is 4.18. The van der Waals surface area contributed by atoms with E-state index in [1.807, 2.05) is 49.4 Å². The molecular weight excluding hydrogens is 428 g/mol. The second-order valence-electron chi connectivity index (χ2n) is 8.85. The zero-order valence-electron chi connectivity index (χ0n) is 19.2. The number of anilines is 5. The lowest BCUT2D eigenvalue weighted by Gasteiger charge is -2.20. The Labute approximate surface area is 199 Å². The molecule has 0 spiro atoms. The van der Waals surface area contributed by atoms with Gasteiger partial charge in [-0.3, -0.25) is 9.59 Å². The molecule has 2 fully saturated rings. The Morgan fingerprint density at radius 3 is 2.32 bits per heavy atom. The third kappa shape index (κ3) is 4.85. The van der Waals surface area contributed by atoms with Gasteiger partial charge >= 0.3 is 0 Å². The maximum absolute atomic E-state index is 12.8. The van der Waals surface area contributed by atoms with Crippen molar-refractivity contribution in [2.45, 2.75) is 26.2 Å². The Kier molecular flexibility index (Phi) is 6.12. The highest BCUT2D eigenvalue weighted by Gasteiger charge is 2.35. The van der Waals surface area contributed by atoms with Crippen molar-refractivity contribution < 1.29 is 9.59 Å². The fraction of sp³-hybridized carbons (Fsp3) is 0.308. The molecule has 5 rings (SSSR count). The highest BCUT2D eigenvalue weighted by atomic mass is 16.2. The second-order valence-corrected chi connectivity index (χ2v) is 8.85. The summed E-state index contributed by atoms with van der Waals surface area (Å²) in [4.78, 5) is 37.8. The molecule has 1 aromatic heterocycles. The van der Waals surface area contributed by atoms with E-state index in [4.69, 9.17) is 0 Å². The Hall–Kier alpha value is -3.94. The van der Waals surface area contributed by atoms with E-state index in [1.54, 1.807) is 4.90 Å². The van der Waals surface area contributed by atoms with Crippen LogP contribution in [0.4, 0.5) is 28.6 Å². The number of nitrogens with zero attached hydrogens (tertiary/aromatic N) is 4. The summed E-state index contributed by atoms with van der Waals surface area (Å²) in [7, 11) is 0. The smallest absolute Gasteiger partial charge is 0.229 e. The van der Waals surface area contributed by atoms with Crippen LogP contribution in [0.25, 0.3) is 0 Å². The van der Waals surface area contributed by atoms with Crippen LogP contribution in [0.15, 0.2) is 60.9 Å². The van der Waals surface area contributed by atoms with Crippen molar-refractivity contribution in [1.29, 1.82) is 0 Å². The average molecular weight is 457 g/mol. The van der Waals surface area contributed by atoms with Gasteiger partial charge in [-0.15, -0.1) is 0 Å². The van der Waals surface area contributed by atoms with Crippen molar-refractivity contribution in [2.24, 2.45) is 5.92 Å². The third-order valence-electron chi connectivity index (χ3n) is 6.36. The quantitative estimate of drug-likeness (QED) is 0.580. The molecule has 2 N–H and O–H groups in total. The summed E-state index contributed by atoms with van der Waals surface area (Å²) in [6, 6.07) is 17.4. The standard InChI is InChI=1S/C26H28N6O2/c1-18-14-24(28-17-27-18)29-20-4-6-21(7-5-20)30-26(34)19-15-25(33)32(16-19)23-10-8-22(9-11-23)31-12-2-3-13-31/h4-11,14,17,19H,2-3,12-13,15-16H2,1H3,(H,30,34)(H,27,28,29). The van der Waals surface area contributed by atoms with E-state index in [0.29, 0.717) is 18.1 Å². The van der Waals surface area contributed by atoms with Crippen molar-refractivity contribution in [3.05, 3.63) is 66.6 Å². The first-order valence-electron chi connectivity index (χ1n) is 11.7. The van der Waals surface area contributed by atoms with Crippen LogP contribution in [0.2, 0.25) is 0 Å². The van der Waals surface area contributed by atoms with Crippen LogP contribution >= 0.6 is 0 Å². The van der Waals surface area contributed by atoms with Crippen LogP contribution in [0.5, 0.6) is 0 Å². The van der Waals surface area contributed by atoms with Gasteiger partial charge in [-0.1, -0.05) is 0 Å². The van der Waals surface area contributed by atoms with Crippen molar-refractivity contribution in [3.63, 3.8) is 0 Å². The highest BCUT2D eigenvalue weighted by molar-refractivity contribution is 6.03. The number of rotatable bonds is 6. The number of benzene rings is 2. The van der Waals surface area contributed by atoms with E-state index in [-0.39, 0.29) is 24.2 Å². The largest absolute Gasteiger partial charge is 0.372 e. The lowest BCUT2D eigenvalue weighted by molar-refractivity contribution is -0.122. The zero-order valence-corrected chi connectivity index (χ0v) is 19.2. The van der Waals surface area contributed by atoms with Gasteiger partial charge in [-0.05, 0) is 68.3 Å². The molecule has 2 aliphatic rings. The van der Waals surface area contributed by atoms with Crippen molar-refractivity contribution in [1.82, 2.24) is 9.97 Å². The normalized spacial score (nSPS) is 17.8. The molecule has 1 atom stereocenters. The van der Waals surface area contributed by atoms with Gasteiger partial charge in [-0.2, -0.15) is 0 Å². The SMILES string of the molecule is Cc1cc(Nc2ccc(NC(=O)C3CC(=O)N(c4ccc(N5CCCC5)cc4)C3)cc2)ncn1. The van der Waals surface area contributed by atoms with Crippen molar-refractivity contribution >= 4 is 40.4 Å². The van der Waals surface area contributed by atoms with Gasteiger partial charge in [0.1, 0.15) is 12.1 Å². The number of amides is 2. The Balaban J connectivity index is 1.18. The topological polar surface area (TPSA) is 90.5 Å². The van der Waals surface area contributed by atoms with E-state index in [1.165, 1.54) is 24.9 Å². The number of aromatic nitrogens is 2. The maximum atomic E-state index is 12.8. The van der Waals surface area contributed by atoms with Gasteiger partial charge in [-0.25, -0.2) is 9.97 Å². The van der Waals surface area contributed by atoms with Crippen LogP contribution < -0.4 is 20.4 Å². The summed E-state index contributed by atoms with van der Waals surface area (Å²) in [5.74, 6) is 0.167. The number of aryl methyl sites for hydroxylation is 1. The summed E-state index contributed by atoms with van der Waals surface area (Å²) in [5, 5.41) is 6.16. The molecule has 0 bridgehead atoms. The molecule has 0 aliphatic carbocycles. The summed E-state index contributed by atoms with van der Waals surface area (Å²) < 4.78 is 0. The maximum Gasteiger partial charge on any atom is 0.229 e. The Bertz CT molecular complexity index is 1170. The van der Waals surface area contributed by atoms with Gasteiger partial charge in [0.2, 0.25) is 11.8 Å². The van der Waals surface area contributed by atoms with Gasteiger partial charge in [0.15, 0.2) is 0 Å². The molecule has 2 saturated heterocycles.